The molecule has 7 heteroatoms. The highest BCUT2D eigenvalue weighted by Gasteiger charge is 2.19. The molecule has 0 aliphatic heterocycles. The van der Waals surface area contributed by atoms with Crippen LogP contribution in [0.2, 0.25) is 0 Å². The number of carbonyl (C=O) groups is 1. The summed E-state index contributed by atoms with van der Waals surface area (Å²) in [6, 6.07) is 10.6. The molecule has 134 valence electrons. The number of aryl methyl sites for hydroxylation is 1. The van der Waals surface area contributed by atoms with Crippen LogP contribution in [0.4, 0.5) is 0 Å². The average Bonchev–Trinajstić information content (AvgIpc) is 2.58. The van der Waals surface area contributed by atoms with E-state index in [2.05, 4.69) is 20.7 Å². The molecule has 0 bridgehead atoms. The average molecular weight is 426 g/mol. The molecule has 0 unspecified atom stereocenters. The minimum absolute atomic E-state index is 0.0619. The quantitative estimate of drug-likeness (QED) is 0.719. The van der Waals surface area contributed by atoms with Gasteiger partial charge in [-0.15, -0.1) is 0 Å². The summed E-state index contributed by atoms with van der Waals surface area (Å²) in [5.74, 6) is -0.549. The fourth-order valence-corrected chi connectivity index (χ4v) is 3.77. The Balaban J connectivity index is 2.17. The van der Waals surface area contributed by atoms with Crippen molar-refractivity contribution in [1.82, 2.24) is 4.72 Å². The van der Waals surface area contributed by atoms with E-state index in [9.17, 15) is 13.2 Å². The first-order valence-corrected chi connectivity index (χ1v) is 9.96. The van der Waals surface area contributed by atoms with Gasteiger partial charge in [-0.3, -0.25) is 0 Å². The van der Waals surface area contributed by atoms with Crippen LogP contribution in [0.25, 0.3) is 0 Å². The van der Waals surface area contributed by atoms with E-state index in [1.54, 1.807) is 19.9 Å². The Morgan fingerprint density at radius 1 is 1.16 bits per heavy atom. The number of methoxy groups -OCH3 is 1. The second-order valence-electron chi connectivity index (χ2n) is 5.68. The number of rotatable bonds is 6. The van der Waals surface area contributed by atoms with Gasteiger partial charge < -0.3 is 4.74 Å². The smallest absolute Gasteiger partial charge is 0.338 e. The number of halogens is 1. The zero-order valence-electron chi connectivity index (χ0n) is 14.3. The van der Waals surface area contributed by atoms with E-state index in [1.807, 2.05) is 24.3 Å². The van der Waals surface area contributed by atoms with E-state index < -0.39 is 16.0 Å². The summed E-state index contributed by atoms with van der Waals surface area (Å²) in [4.78, 5) is 11.9. The normalized spacial score (nSPS) is 11.4. The molecule has 2 aromatic carbocycles. The van der Waals surface area contributed by atoms with Crippen molar-refractivity contribution in [3.05, 3.63) is 63.1 Å². The van der Waals surface area contributed by atoms with E-state index in [0.717, 1.165) is 15.6 Å². The van der Waals surface area contributed by atoms with Crippen molar-refractivity contribution in [3.8, 4) is 0 Å². The van der Waals surface area contributed by atoms with Crippen molar-refractivity contribution >= 4 is 31.9 Å². The number of esters is 1. The molecule has 0 fully saturated rings. The van der Waals surface area contributed by atoms with Crippen LogP contribution in [0, 0.1) is 13.8 Å². The van der Waals surface area contributed by atoms with Gasteiger partial charge in [-0.2, -0.15) is 0 Å². The lowest BCUT2D eigenvalue weighted by molar-refractivity contribution is 0.0599. The molecule has 0 heterocycles. The maximum Gasteiger partial charge on any atom is 0.338 e. The third-order valence-electron chi connectivity index (χ3n) is 3.98. The van der Waals surface area contributed by atoms with Gasteiger partial charge in [0.05, 0.1) is 17.6 Å². The molecular formula is C18H20BrNO4S. The van der Waals surface area contributed by atoms with Crippen LogP contribution < -0.4 is 4.72 Å². The zero-order chi connectivity index (χ0) is 18.6. The van der Waals surface area contributed by atoms with Crippen LogP contribution >= 0.6 is 15.9 Å². The zero-order valence-corrected chi connectivity index (χ0v) is 16.7. The Morgan fingerprint density at radius 3 is 2.40 bits per heavy atom. The molecule has 0 amide bonds. The second-order valence-corrected chi connectivity index (χ2v) is 8.36. The van der Waals surface area contributed by atoms with Crippen molar-refractivity contribution < 1.29 is 17.9 Å². The van der Waals surface area contributed by atoms with E-state index in [1.165, 1.54) is 13.2 Å². The molecule has 2 rings (SSSR count). The summed E-state index contributed by atoms with van der Waals surface area (Å²) in [5, 5.41) is 0. The van der Waals surface area contributed by atoms with Crippen molar-refractivity contribution in [3.63, 3.8) is 0 Å². The maximum atomic E-state index is 12.5. The van der Waals surface area contributed by atoms with Crippen LogP contribution in [-0.4, -0.2) is 28.0 Å². The largest absolute Gasteiger partial charge is 0.465 e. The molecule has 0 saturated heterocycles. The Hall–Kier alpha value is -1.70. The standard InChI is InChI=1S/C18H20BrNO4S/c1-12-10-16(11-17(13(12)2)18(21)24-3)25(22,23)20-9-8-14-4-6-15(19)7-5-14/h4-7,10-11,20H,8-9H2,1-3H3. The minimum atomic E-state index is -3.71. The number of hydrogen-bond donors (Lipinski definition) is 1. The molecule has 2 aromatic rings. The number of ether oxygens (including phenoxy) is 1. The lowest BCUT2D eigenvalue weighted by atomic mass is 10.0. The van der Waals surface area contributed by atoms with Crippen molar-refractivity contribution in [2.45, 2.75) is 25.2 Å². The van der Waals surface area contributed by atoms with Crippen LogP contribution in [0.15, 0.2) is 45.8 Å². The molecule has 0 saturated carbocycles. The Bertz CT molecular complexity index is 877. The fourth-order valence-electron chi connectivity index (χ4n) is 2.37. The summed E-state index contributed by atoms with van der Waals surface area (Å²) in [6.07, 6.45) is 0.571. The molecule has 0 aliphatic carbocycles. The van der Waals surface area contributed by atoms with Crippen LogP contribution in [0.1, 0.15) is 27.0 Å². The van der Waals surface area contributed by atoms with Crippen molar-refractivity contribution in [2.24, 2.45) is 0 Å². The predicted molar refractivity (Wildman–Crippen MR) is 100 cm³/mol. The fraction of sp³-hybridized carbons (Fsp3) is 0.278. The SMILES string of the molecule is COC(=O)c1cc(S(=O)(=O)NCCc2ccc(Br)cc2)cc(C)c1C. The van der Waals surface area contributed by atoms with Gasteiger partial charge in [-0.25, -0.2) is 17.9 Å². The summed E-state index contributed by atoms with van der Waals surface area (Å²) >= 11 is 3.36. The molecule has 0 aliphatic rings. The first kappa shape index (κ1) is 19.6. The number of sulfonamides is 1. The number of hydrogen-bond acceptors (Lipinski definition) is 4. The molecule has 0 aromatic heterocycles. The highest BCUT2D eigenvalue weighted by atomic mass is 79.9. The van der Waals surface area contributed by atoms with Gasteiger partial charge in [0.1, 0.15) is 0 Å². The third-order valence-corrected chi connectivity index (χ3v) is 5.94. The monoisotopic (exact) mass is 425 g/mol. The molecule has 0 radical (unpaired) electrons. The highest BCUT2D eigenvalue weighted by Crippen LogP contribution is 2.20. The molecular weight excluding hydrogens is 406 g/mol. The van der Waals surface area contributed by atoms with Gasteiger partial charge >= 0.3 is 5.97 Å². The molecule has 5 nitrogen and oxygen atoms in total. The molecule has 0 spiro atoms. The minimum Gasteiger partial charge on any atom is -0.465 e. The van der Waals surface area contributed by atoms with Crippen molar-refractivity contribution in [1.29, 1.82) is 0 Å². The number of benzene rings is 2. The summed E-state index contributed by atoms with van der Waals surface area (Å²) in [7, 11) is -2.44. The number of carbonyl (C=O) groups excluding carboxylic acids is 1. The number of nitrogens with one attached hydrogen (secondary N) is 1. The Kier molecular flexibility index (Phi) is 6.37. The van der Waals surface area contributed by atoms with Gasteiger partial charge in [0.25, 0.3) is 0 Å². The van der Waals surface area contributed by atoms with Crippen molar-refractivity contribution in [2.75, 3.05) is 13.7 Å². The summed E-state index contributed by atoms with van der Waals surface area (Å²) in [5.41, 5.74) is 2.72. The van der Waals surface area contributed by atoms with Crippen LogP contribution in [0.3, 0.4) is 0 Å². The first-order chi connectivity index (χ1) is 11.7. The highest BCUT2D eigenvalue weighted by molar-refractivity contribution is 9.10. The maximum absolute atomic E-state index is 12.5. The first-order valence-electron chi connectivity index (χ1n) is 7.68. The van der Waals surface area contributed by atoms with Crippen LogP contribution in [0.5, 0.6) is 0 Å². The van der Waals surface area contributed by atoms with Gasteiger partial charge in [-0.1, -0.05) is 28.1 Å². The third kappa shape index (κ3) is 4.90. The van der Waals surface area contributed by atoms with E-state index >= 15 is 0 Å². The van der Waals surface area contributed by atoms with Gasteiger partial charge in [0.2, 0.25) is 10.0 Å². The van der Waals surface area contributed by atoms with E-state index in [4.69, 9.17) is 4.74 Å². The van der Waals surface area contributed by atoms with Gasteiger partial charge in [0.15, 0.2) is 0 Å². The Morgan fingerprint density at radius 2 is 1.80 bits per heavy atom. The van der Waals surface area contributed by atoms with Gasteiger partial charge in [0, 0.05) is 11.0 Å². The molecule has 1 N–H and O–H groups in total. The van der Waals surface area contributed by atoms with Gasteiger partial charge in [-0.05, 0) is 61.2 Å². The molecule has 0 atom stereocenters. The van der Waals surface area contributed by atoms with E-state index in [0.29, 0.717) is 12.0 Å². The Labute approximate surface area is 156 Å². The lowest BCUT2D eigenvalue weighted by Crippen LogP contribution is -2.26. The second kappa shape index (κ2) is 8.12. The molecule has 25 heavy (non-hydrogen) atoms. The summed E-state index contributed by atoms with van der Waals surface area (Å²) in [6.45, 7) is 3.80. The summed E-state index contributed by atoms with van der Waals surface area (Å²) < 4.78 is 33.3. The predicted octanol–water partition coefficient (Wildman–Crippen LogP) is 3.37. The van der Waals surface area contributed by atoms with Crippen LogP contribution in [-0.2, 0) is 21.2 Å². The topological polar surface area (TPSA) is 72.5 Å². The lowest BCUT2D eigenvalue weighted by Gasteiger charge is -2.12. The van der Waals surface area contributed by atoms with E-state index in [-0.39, 0.29) is 17.0 Å².